The average molecular weight is 343 g/mol. The predicted molar refractivity (Wildman–Crippen MR) is 90.4 cm³/mol. The van der Waals surface area contributed by atoms with E-state index in [0.717, 1.165) is 31.2 Å². The lowest BCUT2D eigenvalue weighted by Crippen LogP contribution is -2.56. The fraction of sp³-hybridized carbons (Fsp3) is 0.450. The van der Waals surface area contributed by atoms with Gasteiger partial charge in [0.25, 0.3) is 5.91 Å². The number of benzene rings is 1. The molecule has 1 amide bonds. The van der Waals surface area contributed by atoms with E-state index in [-0.39, 0.29) is 23.7 Å². The van der Waals surface area contributed by atoms with E-state index in [1.54, 1.807) is 29.2 Å². The highest BCUT2D eigenvalue weighted by Gasteiger charge is 2.50. The van der Waals surface area contributed by atoms with Crippen LogP contribution in [0.5, 0.6) is 0 Å². The fourth-order valence-electron chi connectivity index (χ4n) is 4.52. The first kappa shape index (κ1) is 16.3. The van der Waals surface area contributed by atoms with Crippen molar-refractivity contribution in [3.05, 3.63) is 59.8 Å². The number of piperidine rings is 1. The van der Waals surface area contributed by atoms with Gasteiger partial charge in [0.1, 0.15) is 5.82 Å². The second kappa shape index (κ2) is 6.30. The zero-order valence-corrected chi connectivity index (χ0v) is 14.0. The van der Waals surface area contributed by atoms with Crippen LogP contribution in [0.3, 0.4) is 0 Å². The lowest BCUT2D eigenvalue weighted by Gasteiger charge is -2.52. The zero-order chi connectivity index (χ0) is 17.4. The van der Waals surface area contributed by atoms with Crippen molar-refractivity contribution in [2.75, 3.05) is 6.54 Å². The Morgan fingerprint density at radius 1 is 1.20 bits per heavy atom. The van der Waals surface area contributed by atoms with Gasteiger partial charge in [0.2, 0.25) is 0 Å². The number of nitrogens with zero attached hydrogens (tertiary/aromatic N) is 1. The van der Waals surface area contributed by atoms with Crippen molar-refractivity contribution >= 4 is 5.91 Å². The third kappa shape index (κ3) is 2.86. The van der Waals surface area contributed by atoms with Crippen LogP contribution in [-0.2, 0) is 0 Å². The van der Waals surface area contributed by atoms with Crippen molar-refractivity contribution in [3.8, 4) is 0 Å². The number of hydrogen-bond donors (Lipinski definition) is 1. The van der Waals surface area contributed by atoms with Gasteiger partial charge in [-0.1, -0.05) is 25.0 Å². The second-order valence-corrected chi connectivity index (χ2v) is 7.18. The van der Waals surface area contributed by atoms with Gasteiger partial charge in [-0.15, -0.1) is 0 Å². The number of rotatable bonds is 2. The highest BCUT2D eigenvalue weighted by atomic mass is 19.1. The molecule has 2 aliphatic rings. The van der Waals surface area contributed by atoms with Gasteiger partial charge in [0.05, 0.1) is 17.9 Å². The molecule has 1 aliphatic heterocycles. The van der Waals surface area contributed by atoms with Gasteiger partial charge in [0.15, 0.2) is 5.76 Å². The molecule has 0 spiro atoms. The van der Waals surface area contributed by atoms with E-state index < -0.39 is 5.60 Å². The summed E-state index contributed by atoms with van der Waals surface area (Å²) in [4.78, 5) is 14.8. The molecule has 1 N–H and O–H groups in total. The monoisotopic (exact) mass is 343 g/mol. The Morgan fingerprint density at radius 3 is 2.72 bits per heavy atom. The summed E-state index contributed by atoms with van der Waals surface area (Å²) >= 11 is 0. The van der Waals surface area contributed by atoms with Crippen LogP contribution in [-0.4, -0.2) is 28.1 Å². The van der Waals surface area contributed by atoms with Gasteiger partial charge in [-0.3, -0.25) is 4.79 Å². The van der Waals surface area contributed by atoms with E-state index in [1.165, 1.54) is 18.4 Å². The molecule has 1 aromatic carbocycles. The molecule has 4 nitrogen and oxygen atoms in total. The van der Waals surface area contributed by atoms with Crippen LogP contribution in [0, 0.1) is 11.7 Å². The Kier molecular flexibility index (Phi) is 4.12. The molecule has 0 radical (unpaired) electrons. The number of amides is 1. The number of halogens is 1. The molecule has 1 aromatic heterocycles. The van der Waals surface area contributed by atoms with Gasteiger partial charge >= 0.3 is 0 Å². The van der Waals surface area contributed by atoms with Crippen molar-refractivity contribution in [3.63, 3.8) is 0 Å². The van der Waals surface area contributed by atoms with E-state index in [0.29, 0.717) is 18.7 Å². The Hall–Kier alpha value is -2.14. The first-order chi connectivity index (χ1) is 12.1. The van der Waals surface area contributed by atoms with Gasteiger partial charge < -0.3 is 14.4 Å². The summed E-state index contributed by atoms with van der Waals surface area (Å²) < 4.78 is 18.7. The molecular formula is C20H22FNO3. The number of carbonyl (C=O) groups excluding carboxylic acids is 1. The molecule has 2 fully saturated rings. The topological polar surface area (TPSA) is 53.7 Å². The zero-order valence-electron chi connectivity index (χ0n) is 14.0. The Labute approximate surface area is 146 Å². The molecule has 1 aliphatic carbocycles. The lowest BCUT2D eigenvalue weighted by molar-refractivity contribution is -0.115. The van der Waals surface area contributed by atoms with E-state index in [9.17, 15) is 14.3 Å². The molecule has 2 aromatic rings. The summed E-state index contributed by atoms with van der Waals surface area (Å²) in [5, 5.41) is 11.2. The second-order valence-electron chi connectivity index (χ2n) is 7.18. The van der Waals surface area contributed by atoms with Gasteiger partial charge in [-0.2, -0.15) is 0 Å². The molecule has 5 heteroatoms. The van der Waals surface area contributed by atoms with Crippen molar-refractivity contribution in [1.82, 2.24) is 4.90 Å². The average Bonchev–Trinajstić information content (AvgIpc) is 3.15. The van der Waals surface area contributed by atoms with Crippen LogP contribution < -0.4 is 0 Å². The maximum Gasteiger partial charge on any atom is 0.290 e. The Bertz CT molecular complexity index is 743. The summed E-state index contributed by atoms with van der Waals surface area (Å²) in [7, 11) is 0. The summed E-state index contributed by atoms with van der Waals surface area (Å²) in [6, 6.07) is 9.37. The van der Waals surface area contributed by atoms with E-state index >= 15 is 0 Å². The summed E-state index contributed by atoms with van der Waals surface area (Å²) in [5.41, 5.74) is 0.114. The van der Waals surface area contributed by atoms with E-state index in [4.69, 9.17) is 4.42 Å². The van der Waals surface area contributed by atoms with Crippen molar-refractivity contribution in [2.45, 2.75) is 43.7 Å². The quantitative estimate of drug-likeness (QED) is 0.899. The maximum atomic E-state index is 13.4. The van der Waals surface area contributed by atoms with Crippen LogP contribution in [0.4, 0.5) is 4.39 Å². The van der Waals surface area contributed by atoms with Crippen LogP contribution in [0.2, 0.25) is 0 Å². The molecular weight excluding hydrogens is 321 g/mol. The molecule has 0 bridgehead atoms. The van der Waals surface area contributed by atoms with E-state index in [1.807, 2.05) is 0 Å². The minimum atomic E-state index is -0.753. The molecule has 1 saturated carbocycles. The number of carbonyl (C=O) groups is 1. The van der Waals surface area contributed by atoms with Gasteiger partial charge in [0, 0.05) is 12.5 Å². The molecule has 3 atom stereocenters. The van der Waals surface area contributed by atoms with E-state index in [2.05, 4.69) is 0 Å². The predicted octanol–water partition coefficient (Wildman–Crippen LogP) is 3.93. The third-order valence-corrected chi connectivity index (χ3v) is 5.77. The SMILES string of the molecule is O=C(c1ccco1)N1CC[C@]2(O)CCCC[C@H]2[C@@H]1c1ccc(F)cc1. The number of fused-ring (bicyclic) bond motifs is 1. The van der Waals surface area contributed by atoms with Crippen molar-refractivity contribution < 1.29 is 18.7 Å². The number of furan rings is 1. The Balaban J connectivity index is 1.74. The minimum absolute atomic E-state index is 0.0422. The fourth-order valence-corrected chi connectivity index (χ4v) is 4.52. The summed E-state index contributed by atoms with van der Waals surface area (Å²) in [5.74, 6) is -0.220. The third-order valence-electron chi connectivity index (χ3n) is 5.77. The summed E-state index contributed by atoms with van der Waals surface area (Å²) in [6.45, 7) is 0.467. The normalized spacial score (nSPS) is 29.3. The maximum absolute atomic E-state index is 13.4. The Morgan fingerprint density at radius 2 is 2.00 bits per heavy atom. The van der Waals surface area contributed by atoms with Crippen LogP contribution in [0.25, 0.3) is 0 Å². The highest BCUT2D eigenvalue weighted by molar-refractivity contribution is 5.91. The molecule has 132 valence electrons. The standard InChI is InChI=1S/C20H22FNO3/c21-15-8-6-14(7-9-15)18-16-4-1-2-10-20(16,24)11-12-22(18)19(23)17-5-3-13-25-17/h3,5-9,13,16,18,24H,1-2,4,10-12H2/t16-,18-,20+/m0/s1. The first-order valence-electron chi connectivity index (χ1n) is 8.91. The minimum Gasteiger partial charge on any atom is -0.459 e. The molecule has 4 rings (SSSR count). The largest absolute Gasteiger partial charge is 0.459 e. The van der Waals surface area contributed by atoms with Gasteiger partial charge in [-0.25, -0.2) is 4.39 Å². The van der Waals surface area contributed by atoms with Crippen molar-refractivity contribution in [1.29, 1.82) is 0 Å². The van der Waals surface area contributed by atoms with Crippen molar-refractivity contribution in [2.24, 2.45) is 5.92 Å². The molecule has 0 unspecified atom stereocenters. The smallest absolute Gasteiger partial charge is 0.290 e. The van der Waals surface area contributed by atoms with Crippen LogP contribution >= 0.6 is 0 Å². The number of aliphatic hydroxyl groups is 1. The number of hydrogen-bond acceptors (Lipinski definition) is 3. The lowest BCUT2D eigenvalue weighted by atomic mass is 9.66. The first-order valence-corrected chi connectivity index (χ1v) is 8.91. The molecule has 25 heavy (non-hydrogen) atoms. The van der Waals surface area contributed by atoms with Gasteiger partial charge in [-0.05, 0) is 49.1 Å². The molecule has 1 saturated heterocycles. The summed E-state index contributed by atoms with van der Waals surface area (Å²) in [6.07, 6.45) is 5.73. The molecule has 2 heterocycles. The van der Waals surface area contributed by atoms with Crippen LogP contribution in [0.15, 0.2) is 47.1 Å². The van der Waals surface area contributed by atoms with Crippen LogP contribution in [0.1, 0.15) is 54.3 Å². The highest BCUT2D eigenvalue weighted by Crippen LogP contribution is 2.49. The number of likely N-dealkylation sites (tertiary alicyclic amines) is 1.